The number of carbonyl (C=O) groups is 20. The van der Waals surface area contributed by atoms with Crippen LogP contribution in [0.1, 0.15) is 134 Å². The maximum absolute atomic E-state index is 15.3. The van der Waals surface area contributed by atoms with Gasteiger partial charge >= 0.3 is 23.9 Å². The summed E-state index contributed by atoms with van der Waals surface area (Å²) in [6.07, 6.45) is -8.27. The van der Waals surface area contributed by atoms with Gasteiger partial charge in [-0.2, -0.15) is 35.3 Å². The predicted octanol–water partition coefficient (Wildman–Crippen LogP) is -3.53. The highest BCUT2D eigenvalue weighted by atomic mass is 32.2. The summed E-state index contributed by atoms with van der Waals surface area (Å²) in [6.45, 7) is 8.21. The highest BCUT2D eigenvalue weighted by Crippen LogP contribution is 2.32. The average Bonchev–Trinajstić information content (AvgIpc) is 0.850. The van der Waals surface area contributed by atoms with Crippen LogP contribution in [0.3, 0.4) is 0 Å². The predicted molar refractivity (Wildman–Crippen MR) is 469 cm³/mol. The standard InChI is InChI=1S/C84H111N17O25S3/c1-40(85)70(113)99-60-38-128-35-45-25-44-26-46(27-45)36-129-39-61(100-72(115)42(3)88-75(118)54(29-48-17-12-16-47-15-10-11-18-50(47)48)94-73(116)51(20-23-64(104)105)90-78(121)56(31-63(86)103)92-71(114)41(2)89-81(60)124)82(125)91-52(21-24-65(106)107)74(117)96-57(32-66(108)109)79(122)93-53(28-43-13-8-7-9-14-43)76(119)95-55(30-49-19-22-62(49)102)77(120)97-58(33-67(110)111)80(123)101-68(84(4,5)6)83(126)98-59(69(87)112)37-127-34-44/h7-18,25-27,40-42,49,51-62,68,102H,19-24,28-39,85H2,1-6H3,(H2,86,103)(H2,87,112)(H,88,118)(H,89,124)(H,90,121)(H,91,125)(H,92,114)(H,93,122)(H,94,116)(H,95,119)(H,96,117)(H,97,120)(H,98,126)(H,99,113)(H,100,115)(H,101,123)(H,104,105)(H,106,107)(H,108,109)(H,110,111)/t40-,41+,42+,49?,51-,52-,53-,54-,55-,56-,57-,58-,59-,60-,61+,62+,68+/m0/s1. The minimum atomic E-state index is -2.21. The van der Waals surface area contributed by atoms with Crippen molar-refractivity contribution in [1.82, 2.24) is 74.4 Å². The molecule has 4 aromatic carbocycles. The van der Waals surface area contributed by atoms with Crippen molar-refractivity contribution < 1.29 is 121 Å². The lowest BCUT2D eigenvalue weighted by Crippen LogP contribution is -2.62. The Kier molecular flexibility index (Phi) is 39.5. The maximum Gasteiger partial charge on any atom is 0.305 e. The van der Waals surface area contributed by atoms with Crippen LogP contribution < -0.4 is 91.6 Å². The highest BCUT2D eigenvalue weighted by Gasteiger charge is 2.43. The maximum atomic E-state index is 15.3. The first-order chi connectivity index (χ1) is 60.8. The molecule has 0 spiro atoms. The number of carboxylic acid groups (broad SMARTS) is 4. The number of aliphatic hydroxyl groups excluding tert-OH is 1. The Labute approximate surface area is 753 Å². The van der Waals surface area contributed by atoms with E-state index in [4.69, 9.17) is 17.2 Å². The first-order valence-corrected chi connectivity index (χ1v) is 44.8. The summed E-state index contributed by atoms with van der Waals surface area (Å²) in [4.78, 5) is 281. The number of carbonyl (C=O) groups excluding carboxylic acids is 16. The van der Waals surface area contributed by atoms with E-state index in [0.29, 0.717) is 45.0 Å². The van der Waals surface area contributed by atoms with Crippen LogP contribution in [0.2, 0.25) is 0 Å². The molecule has 17 atom stereocenters. The van der Waals surface area contributed by atoms with E-state index in [9.17, 15) is 112 Å². The van der Waals surface area contributed by atoms with Crippen molar-refractivity contribution in [2.75, 3.05) is 17.3 Å². The average molecular weight is 1860 g/mol. The number of nitrogens with two attached hydrogens (primary N) is 3. The summed E-state index contributed by atoms with van der Waals surface area (Å²) in [6, 6.07) is -1.80. The van der Waals surface area contributed by atoms with Crippen LogP contribution in [0.15, 0.2) is 91.0 Å². The van der Waals surface area contributed by atoms with Crippen molar-refractivity contribution in [3.05, 3.63) is 119 Å². The van der Waals surface area contributed by atoms with Gasteiger partial charge in [0.2, 0.25) is 94.5 Å². The Morgan fingerprint density at radius 1 is 0.450 bits per heavy atom. The third-order valence-corrected chi connectivity index (χ3v) is 24.4. The molecule has 4 aromatic rings. The zero-order valence-electron chi connectivity index (χ0n) is 71.6. The number of aliphatic hydroxyl groups is 1. The summed E-state index contributed by atoms with van der Waals surface area (Å²) < 4.78 is 0. The van der Waals surface area contributed by atoms with Crippen molar-refractivity contribution in [2.24, 2.45) is 28.5 Å². The molecular weight excluding hydrogens is 1740 g/mol. The first-order valence-electron chi connectivity index (χ1n) is 41.3. The molecule has 1 fully saturated rings. The van der Waals surface area contributed by atoms with Gasteiger partial charge in [0.25, 0.3) is 0 Å². The number of carboxylic acids is 4. The summed E-state index contributed by atoms with van der Waals surface area (Å²) in [7, 11) is 0. The number of primary amides is 2. The lowest BCUT2D eigenvalue weighted by molar-refractivity contribution is -0.143. The van der Waals surface area contributed by atoms with Gasteiger partial charge in [-0.25, -0.2) is 0 Å². The number of hydrogen-bond acceptors (Lipinski definition) is 25. The van der Waals surface area contributed by atoms with E-state index >= 15 is 9.59 Å². The van der Waals surface area contributed by atoms with Gasteiger partial charge in [-0.05, 0) is 103 Å². The van der Waals surface area contributed by atoms with Gasteiger partial charge in [-0.1, -0.05) is 112 Å². The number of thioether (sulfide) groups is 3. The van der Waals surface area contributed by atoms with Gasteiger partial charge < -0.3 is 117 Å². The molecule has 2 aliphatic heterocycles. The van der Waals surface area contributed by atoms with E-state index in [1.54, 1.807) is 78.9 Å². The molecule has 2 heterocycles. The number of aliphatic carboxylic acids is 4. The summed E-state index contributed by atoms with van der Waals surface area (Å²) >= 11 is 3.07. The Morgan fingerprint density at radius 2 is 0.884 bits per heavy atom. The molecule has 1 saturated carbocycles. The first kappa shape index (κ1) is 104. The molecule has 4 bridgehead atoms. The highest BCUT2D eigenvalue weighted by molar-refractivity contribution is 7.99. The van der Waals surface area contributed by atoms with Crippen molar-refractivity contribution in [3.8, 4) is 0 Å². The van der Waals surface area contributed by atoms with E-state index in [-0.39, 0.29) is 41.6 Å². The summed E-state index contributed by atoms with van der Waals surface area (Å²) in [5.74, 6) is -26.9. The Morgan fingerprint density at radius 3 is 1.40 bits per heavy atom. The Hall–Kier alpha value is -12.5. The minimum absolute atomic E-state index is 0.00466. The number of rotatable bonds is 21. The van der Waals surface area contributed by atoms with Gasteiger partial charge in [0.15, 0.2) is 0 Å². The van der Waals surface area contributed by atoms with E-state index in [1.807, 2.05) is 0 Å². The van der Waals surface area contributed by atoms with Crippen LogP contribution in [-0.2, 0) is 126 Å². The summed E-state index contributed by atoms with van der Waals surface area (Å²) in [5, 5.41) is 86.8. The molecule has 16 amide bonds. The molecule has 1 aliphatic carbocycles. The quantitative estimate of drug-likeness (QED) is 0.0384. The molecule has 700 valence electrons. The number of fused-ring (bicyclic) bond motifs is 6. The number of hydrogen-bond donors (Lipinski definition) is 22. The number of benzene rings is 4. The zero-order chi connectivity index (χ0) is 95.3. The molecule has 1 unspecified atom stereocenters. The lowest BCUT2D eigenvalue weighted by atomic mass is 9.77. The van der Waals surface area contributed by atoms with Crippen LogP contribution in [0.25, 0.3) is 10.8 Å². The van der Waals surface area contributed by atoms with E-state index in [0.717, 1.165) is 35.3 Å². The number of nitrogens with one attached hydrogen (secondary N) is 14. The van der Waals surface area contributed by atoms with Gasteiger partial charge in [0, 0.05) is 60.2 Å². The SMILES string of the molecule is C[C@H](N)C(=O)N[C@H]1CSCc2cc3cc(c2)CSC[C@@H](NC(=O)[C@@H](C)NC(=O)[C@H](Cc2cccc4ccccc24)NC(=O)[C@H](CCC(=O)O)NC(=O)[C@H](CC(N)=O)NC(=O)[C@@H](C)NC1=O)C(=O)N[C@@H](CCC(=O)O)C(=O)N[C@@H](CC(=O)O)C(=O)N[C@@H](Cc1ccccc1)C(=O)N[C@@H](CC1CC[C@H]1O)C(=O)N[C@@H](CC(=O)O)C(=O)N[C@@H](C(C)(C)C)C(=O)N[C@H](C(N)=O)CSC3. The van der Waals surface area contributed by atoms with Crippen LogP contribution in [0, 0.1) is 11.3 Å². The van der Waals surface area contributed by atoms with Crippen molar-refractivity contribution in [1.29, 1.82) is 0 Å². The van der Waals surface area contributed by atoms with E-state index in [2.05, 4.69) is 74.4 Å². The molecule has 129 heavy (non-hydrogen) atoms. The summed E-state index contributed by atoms with van der Waals surface area (Å²) in [5.41, 5.74) is 18.4. The van der Waals surface area contributed by atoms with Gasteiger partial charge in [0.1, 0.15) is 84.6 Å². The van der Waals surface area contributed by atoms with Gasteiger partial charge in [-0.3, -0.25) is 95.9 Å². The van der Waals surface area contributed by atoms with Gasteiger partial charge in [-0.15, -0.1) is 0 Å². The Bertz CT molecular complexity index is 4820. The number of amides is 16. The third kappa shape index (κ3) is 33.3. The van der Waals surface area contributed by atoms with Crippen molar-refractivity contribution in [2.45, 2.75) is 233 Å². The zero-order valence-corrected chi connectivity index (χ0v) is 74.0. The topological polar surface area (TPSA) is 689 Å². The van der Waals surface area contributed by atoms with Gasteiger partial charge in [0.05, 0.1) is 31.4 Å². The van der Waals surface area contributed by atoms with Crippen LogP contribution in [0.4, 0.5) is 0 Å². The third-order valence-electron chi connectivity index (χ3n) is 21.1. The van der Waals surface area contributed by atoms with Crippen molar-refractivity contribution in [3.63, 3.8) is 0 Å². The molecule has 42 nitrogen and oxygen atoms in total. The molecule has 0 radical (unpaired) electrons. The second-order valence-electron chi connectivity index (χ2n) is 32.7. The normalized spacial score (nSPS) is 25.9. The van der Waals surface area contributed by atoms with Crippen LogP contribution in [-0.4, -0.2) is 258 Å². The van der Waals surface area contributed by atoms with Crippen LogP contribution in [0.5, 0.6) is 0 Å². The lowest BCUT2D eigenvalue weighted by Gasteiger charge is -2.36. The smallest absolute Gasteiger partial charge is 0.305 e. The molecule has 3 aliphatic rings. The van der Waals surface area contributed by atoms with E-state index < -0.39 is 290 Å². The molecule has 0 aromatic heterocycles. The largest absolute Gasteiger partial charge is 0.481 e. The molecule has 45 heteroatoms. The Balaban J connectivity index is 1.39. The molecule has 0 saturated heterocycles. The fourth-order valence-corrected chi connectivity index (χ4v) is 16.8. The fourth-order valence-electron chi connectivity index (χ4n) is 13.8. The minimum Gasteiger partial charge on any atom is -0.481 e. The van der Waals surface area contributed by atoms with Crippen molar-refractivity contribution >= 4 is 164 Å². The molecule has 7 rings (SSSR count). The molecular formula is C84H111N17O25S3. The fraction of sp³-hybridized carbons (Fsp3) is 0.500. The monoisotopic (exact) mass is 1850 g/mol. The van der Waals surface area contributed by atoms with E-state index in [1.165, 1.54) is 53.7 Å². The second kappa shape index (κ2) is 49.2. The second-order valence-corrected chi connectivity index (χ2v) is 35.8. The van der Waals surface area contributed by atoms with Crippen LogP contribution >= 0.6 is 35.3 Å². The molecule has 25 N–H and O–H groups in total.